The Kier molecular flexibility index (Phi) is 9.50. The molecule has 1 N–H and O–H groups in total. The third-order valence-electron chi connectivity index (χ3n) is 4.68. The van der Waals surface area contributed by atoms with Crippen LogP contribution in [0.3, 0.4) is 0 Å². The van der Waals surface area contributed by atoms with Crippen LogP contribution in [0.2, 0.25) is 0 Å². The van der Waals surface area contributed by atoms with Gasteiger partial charge in [-0.3, -0.25) is 9.59 Å². The maximum Gasteiger partial charge on any atom is 0.246 e. The highest BCUT2D eigenvalue weighted by molar-refractivity contribution is 5.88. The first kappa shape index (κ1) is 23.6. The quantitative estimate of drug-likeness (QED) is 0.596. The summed E-state index contributed by atoms with van der Waals surface area (Å²) in [5.74, 6) is 0.798. The molecule has 1 fully saturated rings. The predicted molar refractivity (Wildman–Crippen MR) is 120 cm³/mol. The highest BCUT2D eigenvalue weighted by Crippen LogP contribution is 2.19. The van der Waals surface area contributed by atoms with Crippen LogP contribution in [0.25, 0.3) is 0 Å². The van der Waals surface area contributed by atoms with Gasteiger partial charge in [0.15, 0.2) is 0 Å². The van der Waals surface area contributed by atoms with E-state index < -0.39 is 0 Å². The van der Waals surface area contributed by atoms with Crippen molar-refractivity contribution in [2.75, 3.05) is 72.4 Å². The number of likely N-dealkylation sites (N-methyl/N-ethyl adjacent to an activating group) is 2. The van der Waals surface area contributed by atoms with Gasteiger partial charge in [0.05, 0.1) is 0 Å². The number of hydrogen-bond acceptors (Lipinski definition) is 6. The molecular formula is C22H34N6O2. The van der Waals surface area contributed by atoms with E-state index in [4.69, 9.17) is 0 Å². The van der Waals surface area contributed by atoms with Gasteiger partial charge in [0.2, 0.25) is 11.8 Å². The molecule has 0 aliphatic carbocycles. The number of amides is 2. The lowest BCUT2D eigenvalue weighted by atomic mass is 10.2. The van der Waals surface area contributed by atoms with Gasteiger partial charge in [0.1, 0.15) is 5.82 Å². The summed E-state index contributed by atoms with van der Waals surface area (Å²) in [5.41, 5.74) is 0.970. The number of nitrogens with one attached hydrogen (secondary N) is 1. The van der Waals surface area contributed by atoms with E-state index in [1.807, 2.05) is 67.2 Å². The van der Waals surface area contributed by atoms with Crippen LogP contribution in [0.15, 0.2) is 42.6 Å². The number of aromatic nitrogens is 1. The van der Waals surface area contributed by atoms with Crippen molar-refractivity contribution >= 4 is 17.6 Å². The first-order valence-electron chi connectivity index (χ1n) is 10.2. The minimum atomic E-state index is -0.119. The topological polar surface area (TPSA) is 72.0 Å². The molecule has 8 heteroatoms. The SMILES string of the molecule is CN(C)C/C=C\C(=O)NCc1cccnc1N1CCN(C(=O)/C=C/CN(C)C)CC1. The van der Waals surface area contributed by atoms with Crippen LogP contribution >= 0.6 is 0 Å². The van der Waals surface area contributed by atoms with Gasteiger partial charge in [0.25, 0.3) is 0 Å². The van der Waals surface area contributed by atoms with Crippen molar-refractivity contribution in [2.24, 2.45) is 0 Å². The lowest BCUT2D eigenvalue weighted by Crippen LogP contribution is -2.49. The second-order valence-corrected chi connectivity index (χ2v) is 7.85. The molecule has 0 saturated carbocycles. The Bertz CT molecular complexity index is 752. The third-order valence-corrected chi connectivity index (χ3v) is 4.68. The molecule has 1 aromatic rings. The molecule has 1 aliphatic heterocycles. The number of pyridine rings is 1. The fourth-order valence-electron chi connectivity index (χ4n) is 3.07. The average molecular weight is 415 g/mol. The van der Waals surface area contributed by atoms with Gasteiger partial charge in [0, 0.05) is 69.7 Å². The summed E-state index contributed by atoms with van der Waals surface area (Å²) in [6.07, 6.45) is 8.70. The molecule has 0 radical (unpaired) electrons. The number of anilines is 1. The van der Waals surface area contributed by atoms with Crippen molar-refractivity contribution in [3.05, 3.63) is 48.2 Å². The summed E-state index contributed by atoms with van der Waals surface area (Å²) in [7, 11) is 7.86. The molecule has 0 unspecified atom stereocenters. The summed E-state index contributed by atoms with van der Waals surface area (Å²) < 4.78 is 0. The van der Waals surface area contributed by atoms with Crippen LogP contribution < -0.4 is 10.2 Å². The van der Waals surface area contributed by atoms with Crippen LogP contribution in [0.1, 0.15) is 5.56 Å². The second-order valence-electron chi connectivity index (χ2n) is 7.85. The van der Waals surface area contributed by atoms with Crippen molar-refractivity contribution in [3.63, 3.8) is 0 Å². The Labute approximate surface area is 179 Å². The Morgan fingerprint density at radius 2 is 1.67 bits per heavy atom. The maximum atomic E-state index is 12.3. The van der Waals surface area contributed by atoms with E-state index in [9.17, 15) is 9.59 Å². The number of rotatable bonds is 9. The first-order chi connectivity index (χ1) is 14.4. The minimum Gasteiger partial charge on any atom is -0.353 e. The standard InChI is InChI=1S/C22H34N6O2/c1-25(2)12-6-9-20(29)24-18-19-8-5-11-23-22(19)28-16-14-27(15-17-28)21(30)10-7-13-26(3)4/h5-11H,12-18H2,1-4H3,(H,24,29)/b9-6-,10-7+. The van der Waals surface area contributed by atoms with Crippen molar-refractivity contribution in [2.45, 2.75) is 6.54 Å². The normalized spacial score (nSPS) is 15.0. The predicted octanol–water partition coefficient (Wildman–Crippen LogP) is 0.582. The summed E-state index contributed by atoms with van der Waals surface area (Å²) in [6, 6.07) is 3.86. The number of nitrogens with zero attached hydrogens (tertiary/aromatic N) is 5. The zero-order valence-corrected chi connectivity index (χ0v) is 18.5. The monoisotopic (exact) mass is 414 g/mol. The fourth-order valence-corrected chi connectivity index (χ4v) is 3.07. The molecule has 1 aliphatic rings. The van der Waals surface area contributed by atoms with E-state index in [0.29, 0.717) is 32.7 Å². The Balaban J connectivity index is 1.89. The molecule has 1 aromatic heterocycles. The summed E-state index contributed by atoms with van der Waals surface area (Å²) in [5, 5.41) is 2.92. The van der Waals surface area contributed by atoms with E-state index in [1.54, 1.807) is 18.3 Å². The lowest BCUT2D eigenvalue weighted by molar-refractivity contribution is -0.126. The van der Waals surface area contributed by atoms with E-state index in [0.717, 1.165) is 24.5 Å². The minimum absolute atomic E-state index is 0.0505. The van der Waals surface area contributed by atoms with Crippen LogP contribution in [-0.2, 0) is 16.1 Å². The summed E-state index contributed by atoms with van der Waals surface area (Å²) in [4.78, 5) is 36.9. The Hall–Kier alpha value is -2.71. The van der Waals surface area contributed by atoms with Gasteiger partial charge in [-0.1, -0.05) is 18.2 Å². The van der Waals surface area contributed by atoms with Gasteiger partial charge < -0.3 is 24.9 Å². The largest absolute Gasteiger partial charge is 0.353 e. The maximum absolute atomic E-state index is 12.3. The Morgan fingerprint density at radius 3 is 2.30 bits per heavy atom. The molecule has 2 rings (SSSR count). The summed E-state index contributed by atoms with van der Waals surface area (Å²) in [6.45, 7) is 4.63. The zero-order chi connectivity index (χ0) is 21.9. The van der Waals surface area contributed by atoms with Crippen molar-refractivity contribution in [1.82, 2.24) is 25.0 Å². The highest BCUT2D eigenvalue weighted by atomic mass is 16.2. The molecular weight excluding hydrogens is 380 g/mol. The second kappa shape index (κ2) is 12.1. The smallest absolute Gasteiger partial charge is 0.246 e. The molecule has 164 valence electrons. The molecule has 2 amide bonds. The van der Waals surface area contributed by atoms with Crippen LogP contribution in [0.4, 0.5) is 5.82 Å². The lowest BCUT2D eigenvalue weighted by Gasteiger charge is -2.35. The molecule has 0 bridgehead atoms. The molecule has 30 heavy (non-hydrogen) atoms. The molecule has 0 atom stereocenters. The van der Waals surface area contributed by atoms with E-state index in [-0.39, 0.29) is 11.8 Å². The molecule has 8 nitrogen and oxygen atoms in total. The summed E-state index contributed by atoms with van der Waals surface area (Å²) >= 11 is 0. The number of piperazine rings is 1. The fraction of sp³-hybridized carbons (Fsp3) is 0.500. The van der Waals surface area contributed by atoms with Gasteiger partial charge in [-0.05, 0) is 34.3 Å². The van der Waals surface area contributed by atoms with Crippen molar-refractivity contribution < 1.29 is 9.59 Å². The van der Waals surface area contributed by atoms with Gasteiger partial charge in [-0.2, -0.15) is 0 Å². The van der Waals surface area contributed by atoms with Crippen LogP contribution in [-0.4, -0.2) is 99.0 Å². The van der Waals surface area contributed by atoms with E-state index >= 15 is 0 Å². The van der Waals surface area contributed by atoms with Crippen LogP contribution in [0, 0.1) is 0 Å². The average Bonchev–Trinajstić information content (AvgIpc) is 2.72. The Morgan fingerprint density at radius 1 is 1.03 bits per heavy atom. The van der Waals surface area contributed by atoms with Gasteiger partial charge in [-0.25, -0.2) is 4.98 Å². The van der Waals surface area contributed by atoms with E-state index in [2.05, 4.69) is 15.2 Å². The third kappa shape index (κ3) is 7.96. The highest BCUT2D eigenvalue weighted by Gasteiger charge is 2.22. The van der Waals surface area contributed by atoms with Gasteiger partial charge >= 0.3 is 0 Å². The molecule has 0 spiro atoms. The van der Waals surface area contributed by atoms with Crippen molar-refractivity contribution in [1.29, 1.82) is 0 Å². The number of carbonyl (C=O) groups is 2. The van der Waals surface area contributed by atoms with Crippen molar-refractivity contribution in [3.8, 4) is 0 Å². The van der Waals surface area contributed by atoms with E-state index in [1.165, 1.54) is 0 Å². The van der Waals surface area contributed by atoms with Gasteiger partial charge in [-0.15, -0.1) is 0 Å². The number of hydrogen-bond donors (Lipinski definition) is 1. The number of carbonyl (C=O) groups excluding carboxylic acids is 2. The molecule has 0 aromatic carbocycles. The zero-order valence-electron chi connectivity index (χ0n) is 18.5. The molecule has 2 heterocycles. The molecule has 1 saturated heterocycles. The first-order valence-corrected chi connectivity index (χ1v) is 10.2. The van der Waals surface area contributed by atoms with Crippen LogP contribution in [0.5, 0.6) is 0 Å².